The summed E-state index contributed by atoms with van der Waals surface area (Å²) < 4.78 is 5.75. The molecule has 8 heteroatoms. The Morgan fingerprint density at radius 1 is 1.06 bits per heavy atom. The number of rotatable bonds is 10. The van der Waals surface area contributed by atoms with E-state index in [9.17, 15) is 14.4 Å². The summed E-state index contributed by atoms with van der Waals surface area (Å²) in [6, 6.07) is 12.1. The number of fused-ring (bicyclic) bond motifs is 1. The zero-order chi connectivity index (χ0) is 23.9. The summed E-state index contributed by atoms with van der Waals surface area (Å²) >= 11 is 6.20. The molecule has 2 aliphatic rings. The molecule has 1 fully saturated rings. The molecule has 1 aliphatic carbocycles. The van der Waals surface area contributed by atoms with Crippen molar-refractivity contribution in [3.8, 4) is 5.75 Å². The average Bonchev–Trinajstić information content (AvgIpc) is 3.41. The van der Waals surface area contributed by atoms with Crippen LogP contribution in [0.4, 0.5) is 0 Å². The zero-order valence-corrected chi connectivity index (χ0v) is 19.5. The molecule has 0 bridgehead atoms. The van der Waals surface area contributed by atoms with Gasteiger partial charge in [-0.15, -0.1) is 5.06 Å². The maximum atomic E-state index is 12.3. The monoisotopic (exact) mass is 481 g/mol. The molecule has 0 spiro atoms. The second kappa shape index (κ2) is 11.3. The first kappa shape index (κ1) is 24.0. The lowest BCUT2D eigenvalue weighted by Crippen LogP contribution is -2.30. The number of hydroxylamine groups is 2. The van der Waals surface area contributed by atoms with E-state index in [2.05, 4.69) is 5.32 Å². The number of hydrogen-bond acceptors (Lipinski definition) is 5. The maximum absolute atomic E-state index is 12.3. The Morgan fingerprint density at radius 2 is 1.76 bits per heavy atom. The standard InChI is InChI=1S/C26H26ClN2O5/c27-19-15-18(7-5-12-24(30)28-20-8-1-2-9-20)16-21(17-19)33-13-6-14-34-29-25(31)22-10-3-4-11-23(22)26(29)32/h3-5,7,10-11,15-17,20H,1-2,6,8-9,12-14H2. The molecule has 177 valence electrons. The van der Waals surface area contributed by atoms with Crippen LogP contribution in [0.5, 0.6) is 5.75 Å². The number of nitrogens with zero attached hydrogens (tertiary/aromatic N) is 2. The molecule has 1 aliphatic heterocycles. The fourth-order valence-corrected chi connectivity index (χ4v) is 4.27. The molecular weight excluding hydrogens is 456 g/mol. The molecule has 3 amide bonds. The maximum Gasteiger partial charge on any atom is 0.285 e. The van der Waals surface area contributed by atoms with E-state index in [0.717, 1.165) is 36.3 Å². The lowest BCUT2D eigenvalue weighted by Gasteiger charge is -2.13. The van der Waals surface area contributed by atoms with E-state index in [1.54, 1.807) is 42.5 Å². The Balaban J connectivity index is 1.20. The highest BCUT2D eigenvalue weighted by Gasteiger charge is 2.36. The normalized spacial score (nSPS) is 15.9. The molecular formula is C26H26ClN2O5. The third-order valence-electron chi connectivity index (χ3n) is 5.68. The SMILES string of the molecule is O=C(CC=Cc1cc(Cl)cc(OCCCON2C(=O)c3ccccc3C2=O)c1)[N]C1CCCC1. The van der Waals surface area contributed by atoms with Gasteiger partial charge in [0.2, 0.25) is 5.91 Å². The molecule has 7 nitrogen and oxygen atoms in total. The largest absolute Gasteiger partial charge is 0.493 e. The molecule has 2 aromatic rings. The minimum Gasteiger partial charge on any atom is -0.493 e. The predicted molar refractivity (Wildman–Crippen MR) is 128 cm³/mol. The van der Waals surface area contributed by atoms with Gasteiger partial charge >= 0.3 is 0 Å². The minimum atomic E-state index is -0.456. The molecule has 0 saturated heterocycles. The van der Waals surface area contributed by atoms with E-state index in [0.29, 0.717) is 34.9 Å². The summed E-state index contributed by atoms with van der Waals surface area (Å²) in [6.45, 7) is 0.455. The molecule has 0 atom stereocenters. The Hall–Kier alpha value is -3.16. The van der Waals surface area contributed by atoms with Gasteiger partial charge in [-0.05, 0) is 48.7 Å². The van der Waals surface area contributed by atoms with Gasteiger partial charge in [0.25, 0.3) is 11.8 Å². The smallest absolute Gasteiger partial charge is 0.285 e. The van der Waals surface area contributed by atoms with E-state index < -0.39 is 11.8 Å². The Labute approximate surface area is 203 Å². The molecule has 0 unspecified atom stereocenters. The van der Waals surface area contributed by atoms with Crippen LogP contribution >= 0.6 is 11.6 Å². The summed E-state index contributed by atoms with van der Waals surface area (Å²) in [5.41, 5.74) is 1.51. The number of carbonyl (C=O) groups excluding carboxylic acids is 3. The lowest BCUT2D eigenvalue weighted by molar-refractivity contribution is -0.121. The van der Waals surface area contributed by atoms with Crippen LogP contribution in [0, 0.1) is 0 Å². The van der Waals surface area contributed by atoms with E-state index >= 15 is 0 Å². The predicted octanol–water partition coefficient (Wildman–Crippen LogP) is 4.81. The number of hydrogen-bond donors (Lipinski definition) is 0. The summed E-state index contributed by atoms with van der Waals surface area (Å²) in [7, 11) is 0. The third-order valence-corrected chi connectivity index (χ3v) is 5.90. The van der Waals surface area contributed by atoms with E-state index in [1.807, 2.05) is 12.1 Å². The van der Waals surface area contributed by atoms with Crippen molar-refractivity contribution in [1.29, 1.82) is 0 Å². The molecule has 2 aromatic carbocycles. The number of carbonyl (C=O) groups is 3. The van der Waals surface area contributed by atoms with E-state index in [4.69, 9.17) is 21.2 Å². The molecule has 4 rings (SSSR count). The van der Waals surface area contributed by atoms with E-state index in [1.165, 1.54) is 0 Å². The first-order valence-corrected chi connectivity index (χ1v) is 11.8. The highest BCUT2D eigenvalue weighted by Crippen LogP contribution is 2.24. The van der Waals surface area contributed by atoms with Gasteiger partial charge in [-0.2, -0.15) is 0 Å². The number of amides is 3. The minimum absolute atomic E-state index is 0.0975. The van der Waals surface area contributed by atoms with Crippen LogP contribution < -0.4 is 10.1 Å². The van der Waals surface area contributed by atoms with Gasteiger partial charge in [-0.3, -0.25) is 19.2 Å². The van der Waals surface area contributed by atoms with Gasteiger partial charge in [0, 0.05) is 17.9 Å². The van der Waals surface area contributed by atoms with E-state index in [-0.39, 0.29) is 25.0 Å². The Bertz CT molecular complexity index is 1060. The fraction of sp³-hybridized carbons (Fsp3) is 0.346. The van der Waals surface area contributed by atoms with Crippen LogP contribution in [0.25, 0.3) is 6.08 Å². The Kier molecular flexibility index (Phi) is 7.98. The van der Waals surface area contributed by atoms with Crippen LogP contribution in [-0.2, 0) is 9.63 Å². The van der Waals surface area contributed by atoms with Gasteiger partial charge in [0.05, 0.1) is 30.4 Å². The molecule has 1 radical (unpaired) electrons. The molecule has 1 saturated carbocycles. The van der Waals surface area contributed by atoms with Crippen molar-refractivity contribution in [1.82, 2.24) is 10.4 Å². The lowest BCUT2D eigenvalue weighted by atomic mass is 10.1. The average molecular weight is 482 g/mol. The van der Waals surface area contributed by atoms with Crippen LogP contribution in [0.1, 0.15) is 64.8 Å². The van der Waals surface area contributed by atoms with Crippen molar-refractivity contribution < 1.29 is 24.0 Å². The molecule has 0 N–H and O–H groups in total. The Morgan fingerprint density at radius 3 is 2.47 bits per heavy atom. The van der Waals surface area contributed by atoms with Crippen molar-refractivity contribution in [2.45, 2.75) is 44.6 Å². The summed E-state index contributed by atoms with van der Waals surface area (Å²) in [5, 5.41) is 5.57. The van der Waals surface area contributed by atoms with Crippen molar-refractivity contribution >= 4 is 35.4 Å². The quantitative estimate of drug-likeness (QED) is 0.359. The second-order valence-corrected chi connectivity index (χ2v) is 8.71. The molecule has 34 heavy (non-hydrogen) atoms. The zero-order valence-electron chi connectivity index (χ0n) is 18.7. The topological polar surface area (TPSA) is 87.0 Å². The summed E-state index contributed by atoms with van der Waals surface area (Å²) in [4.78, 5) is 42.0. The highest BCUT2D eigenvalue weighted by atomic mass is 35.5. The highest BCUT2D eigenvalue weighted by molar-refractivity contribution is 6.30. The van der Waals surface area contributed by atoms with Gasteiger partial charge in [-0.25, -0.2) is 5.32 Å². The van der Waals surface area contributed by atoms with Gasteiger partial charge in [0.1, 0.15) is 5.75 Å². The summed E-state index contributed by atoms with van der Waals surface area (Å²) in [6.07, 6.45) is 8.64. The van der Waals surface area contributed by atoms with Crippen molar-refractivity contribution in [2.24, 2.45) is 0 Å². The number of imide groups is 1. The van der Waals surface area contributed by atoms with Crippen molar-refractivity contribution in [3.63, 3.8) is 0 Å². The van der Waals surface area contributed by atoms with Crippen molar-refractivity contribution in [3.05, 3.63) is 70.3 Å². The first-order chi connectivity index (χ1) is 16.5. The van der Waals surface area contributed by atoms with Crippen LogP contribution in [-0.4, -0.2) is 42.0 Å². The van der Waals surface area contributed by atoms with Crippen LogP contribution in [0.15, 0.2) is 48.5 Å². The number of benzene rings is 2. The molecule has 1 heterocycles. The van der Waals surface area contributed by atoms with Crippen LogP contribution in [0.3, 0.4) is 0 Å². The first-order valence-electron chi connectivity index (χ1n) is 11.5. The second-order valence-electron chi connectivity index (χ2n) is 8.27. The number of halogens is 1. The van der Waals surface area contributed by atoms with Gasteiger partial charge < -0.3 is 4.74 Å². The van der Waals surface area contributed by atoms with Crippen molar-refractivity contribution in [2.75, 3.05) is 13.2 Å². The summed E-state index contributed by atoms with van der Waals surface area (Å²) in [5.74, 6) is -0.431. The van der Waals surface area contributed by atoms with Gasteiger partial charge in [0.15, 0.2) is 0 Å². The number of ether oxygens (including phenoxy) is 1. The van der Waals surface area contributed by atoms with Crippen LogP contribution in [0.2, 0.25) is 5.02 Å². The third kappa shape index (κ3) is 6.04. The fourth-order valence-electron chi connectivity index (χ4n) is 4.04. The van der Waals surface area contributed by atoms with Gasteiger partial charge in [-0.1, -0.05) is 48.7 Å². The molecule has 0 aromatic heterocycles.